The fourth-order valence-corrected chi connectivity index (χ4v) is 5.07. The van der Waals surface area contributed by atoms with E-state index >= 15 is 0 Å². The van der Waals surface area contributed by atoms with Crippen LogP contribution < -0.4 is 0 Å². The molecule has 3 heterocycles. The van der Waals surface area contributed by atoms with E-state index in [9.17, 15) is 13.2 Å². The molecule has 3 rings (SSSR count). The number of nitrogens with zero attached hydrogens (tertiary/aromatic N) is 4. The Bertz CT molecular complexity index is 775. The number of hydrogen-bond acceptors (Lipinski definition) is 5. The second kappa shape index (κ2) is 6.42. The van der Waals surface area contributed by atoms with Crippen molar-refractivity contribution in [2.75, 3.05) is 26.2 Å². The second-order valence-electron chi connectivity index (χ2n) is 5.21. The van der Waals surface area contributed by atoms with Crippen molar-refractivity contribution in [1.29, 1.82) is 0 Å². The van der Waals surface area contributed by atoms with E-state index in [1.165, 1.54) is 15.6 Å². The molecule has 1 saturated heterocycles. The van der Waals surface area contributed by atoms with Crippen LogP contribution in [0.15, 0.2) is 34.1 Å². The monoisotopic (exact) mass is 354 g/mol. The Balaban J connectivity index is 1.65. The predicted molar refractivity (Wildman–Crippen MR) is 86.9 cm³/mol. The highest BCUT2D eigenvalue weighted by atomic mass is 32.2. The number of amides is 1. The van der Waals surface area contributed by atoms with Gasteiger partial charge in [0.2, 0.25) is 0 Å². The Morgan fingerprint density at radius 1 is 1.30 bits per heavy atom. The third-order valence-corrected chi connectivity index (χ3v) is 7.09. The quantitative estimate of drug-likeness (QED) is 0.824. The molecule has 2 aromatic heterocycles. The summed E-state index contributed by atoms with van der Waals surface area (Å²) in [5.74, 6) is -0.0992. The fraction of sp³-hybridized carbons (Fsp3) is 0.429. The van der Waals surface area contributed by atoms with E-state index in [4.69, 9.17) is 0 Å². The van der Waals surface area contributed by atoms with Gasteiger partial charge < -0.3 is 4.90 Å². The Morgan fingerprint density at radius 3 is 2.61 bits per heavy atom. The summed E-state index contributed by atoms with van der Waals surface area (Å²) in [4.78, 5) is 14.1. The summed E-state index contributed by atoms with van der Waals surface area (Å²) in [7, 11) is -3.43. The standard InChI is InChI=1S/C14H18N4O3S2/c1-2-17-11-12(10-15-17)14(19)16-5-7-18(8-6-16)23(20,21)13-4-3-9-22-13/h3-4,9-11H,2,5-8H2,1H3. The van der Waals surface area contributed by atoms with Crippen LogP contribution in [0.3, 0.4) is 0 Å². The fourth-order valence-electron chi connectivity index (χ4n) is 2.50. The zero-order valence-electron chi connectivity index (χ0n) is 12.8. The summed E-state index contributed by atoms with van der Waals surface area (Å²) in [6.07, 6.45) is 3.28. The van der Waals surface area contributed by atoms with Crippen molar-refractivity contribution in [1.82, 2.24) is 19.0 Å². The van der Waals surface area contributed by atoms with Crippen molar-refractivity contribution in [3.8, 4) is 0 Å². The van der Waals surface area contributed by atoms with Gasteiger partial charge in [0, 0.05) is 38.9 Å². The molecule has 0 aliphatic carbocycles. The number of aryl methyl sites for hydroxylation is 1. The number of piperazine rings is 1. The molecular weight excluding hydrogens is 336 g/mol. The molecule has 23 heavy (non-hydrogen) atoms. The lowest BCUT2D eigenvalue weighted by molar-refractivity contribution is 0.0698. The van der Waals surface area contributed by atoms with Crippen LogP contribution in [-0.2, 0) is 16.6 Å². The van der Waals surface area contributed by atoms with Crippen molar-refractivity contribution in [3.63, 3.8) is 0 Å². The second-order valence-corrected chi connectivity index (χ2v) is 8.33. The molecule has 9 heteroatoms. The van der Waals surface area contributed by atoms with Crippen LogP contribution in [0, 0.1) is 0 Å². The molecule has 0 radical (unpaired) electrons. The number of thiophene rings is 1. The van der Waals surface area contributed by atoms with E-state index in [1.807, 2.05) is 6.92 Å². The van der Waals surface area contributed by atoms with Crippen molar-refractivity contribution < 1.29 is 13.2 Å². The molecule has 0 bridgehead atoms. The molecule has 1 aliphatic rings. The molecule has 2 aromatic rings. The average Bonchev–Trinajstić information content (AvgIpc) is 3.25. The Morgan fingerprint density at radius 2 is 2.04 bits per heavy atom. The molecule has 1 amide bonds. The highest BCUT2D eigenvalue weighted by Gasteiger charge is 2.31. The van der Waals surface area contributed by atoms with Gasteiger partial charge in [0.1, 0.15) is 4.21 Å². The minimum atomic E-state index is -3.43. The zero-order valence-corrected chi connectivity index (χ0v) is 14.4. The van der Waals surface area contributed by atoms with Crippen LogP contribution in [-0.4, -0.2) is 59.5 Å². The maximum atomic E-state index is 12.5. The van der Waals surface area contributed by atoms with Crippen molar-refractivity contribution in [2.45, 2.75) is 17.7 Å². The summed E-state index contributed by atoms with van der Waals surface area (Å²) in [5.41, 5.74) is 0.543. The normalized spacial score (nSPS) is 16.7. The van der Waals surface area contributed by atoms with E-state index in [1.54, 1.807) is 39.5 Å². The summed E-state index contributed by atoms with van der Waals surface area (Å²) < 4.78 is 28.4. The summed E-state index contributed by atoms with van der Waals surface area (Å²) in [6.45, 7) is 4.07. The average molecular weight is 354 g/mol. The van der Waals surface area contributed by atoms with Gasteiger partial charge >= 0.3 is 0 Å². The lowest BCUT2D eigenvalue weighted by Gasteiger charge is -2.33. The first-order valence-electron chi connectivity index (χ1n) is 7.37. The Hall–Kier alpha value is -1.71. The van der Waals surface area contributed by atoms with Gasteiger partial charge in [-0.05, 0) is 18.4 Å². The predicted octanol–water partition coefficient (Wildman–Crippen LogP) is 1.11. The van der Waals surface area contributed by atoms with Crippen LogP contribution in [0.1, 0.15) is 17.3 Å². The van der Waals surface area contributed by atoms with Gasteiger partial charge in [-0.25, -0.2) is 8.42 Å². The van der Waals surface area contributed by atoms with E-state index in [-0.39, 0.29) is 5.91 Å². The van der Waals surface area contributed by atoms with Crippen LogP contribution >= 0.6 is 11.3 Å². The molecule has 0 spiro atoms. The zero-order chi connectivity index (χ0) is 16.4. The van der Waals surface area contributed by atoms with E-state index < -0.39 is 10.0 Å². The van der Waals surface area contributed by atoms with Gasteiger partial charge in [0.05, 0.1) is 11.8 Å². The topological polar surface area (TPSA) is 75.5 Å². The maximum Gasteiger partial charge on any atom is 0.257 e. The molecule has 0 N–H and O–H groups in total. The van der Waals surface area contributed by atoms with Crippen molar-refractivity contribution >= 4 is 27.3 Å². The maximum absolute atomic E-state index is 12.5. The summed E-state index contributed by atoms with van der Waals surface area (Å²) >= 11 is 1.21. The van der Waals surface area contributed by atoms with Crippen LogP contribution in [0.5, 0.6) is 0 Å². The van der Waals surface area contributed by atoms with Gasteiger partial charge in [-0.1, -0.05) is 6.07 Å². The first-order chi connectivity index (χ1) is 11.0. The molecule has 0 atom stereocenters. The third kappa shape index (κ3) is 3.17. The molecule has 0 saturated carbocycles. The van der Waals surface area contributed by atoms with Crippen molar-refractivity contribution in [3.05, 3.63) is 35.5 Å². The molecule has 0 aromatic carbocycles. The van der Waals surface area contributed by atoms with Crippen LogP contribution in [0.25, 0.3) is 0 Å². The molecule has 1 aliphatic heterocycles. The molecule has 1 fully saturated rings. The minimum absolute atomic E-state index is 0.0992. The van der Waals surface area contributed by atoms with E-state index in [2.05, 4.69) is 5.10 Å². The molecule has 7 nitrogen and oxygen atoms in total. The van der Waals surface area contributed by atoms with Gasteiger partial charge in [-0.2, -0.15) is 9.40 Å². The highest BCUT2D eigenvalue weighted by Crippen LogP contribution is 2.22. The molecular formula is C14H18N4O3S2. The number of carbonyl (C=O) groups excluding carboxylic acids is 1. The van der Waals surface area contributed by atoms with Gasteiger partial charge in [0.15, 0.2) is 0 Å². The Kier molecular flexibility index (Phi) is 4.51. The van der Waals surface area contributed by atoms with Crippen LogP contribution in [0.4, 0.5) is 0 Å². The van der Waals surface area contributed by atoms with Crippen molar-refractivity contribution in [2.24, 2.45) is 0 Å². The largest absolute Gasteiger partial charge is 0.336 e. The number of aromatic nitrogens is 2. The van der Waals surface area contributed by atoms with E-state index in [0.717, 1.165) is 0 Å². The van der Waals surface area contributed by atoms with Gasteiger partial charge in [-0.3, -0.25) is 9.48 Å². The minimum Gasteiger partial charge on any atom is -0.336 e. The van der Waals surface area contributed by atoms with Gasteiger partial charge in [0.25, 0.3) is 15.9 Å². The summed E-state index contributed by atoms with van der Waals surface area (Å²) in [5, 5.41) is 5.85. The van der Waals surface area contributed by atoms with Gasteiger partial charge in [-0.15, -0.1) is 11.3 Å². The van der Waals surface area contributed by atoms with Crippen LogP contribution in [0.2, 0.25) is 0 Å². The number of hydrogen-bond donors (Lipinski definition) is 0. The lowest BCUT2D eigenvalue weighted by atomic mass is 10.2. The summed E-state index contributed by atoms with van der Waals surface area (Å²) in [6, 6.07) is 3.33. The lowest BCUT2D eigenvalue weighted by Crippen LogP contribution is -2.50. The molecule has 124 valence electrons. The smallest absolute Gasteiger partial charge is 0.257 e. The third-order valence-electron chi connectivity index (χ3n) is 3.82. The molecule has 0 unspecified atom stereocenters. The number of carbonyl (C=O) groups is 1. The first-order valence-corrected chi connectivity index (χ1v) is 9.69. The highest BCUT2D eigenvalue weighted by molar-refractivity contribution is 7.91. The van der Waals surface area contributed by atoms with E-state index in [0.29, 0.717) is 42.5 Å². The SMILES string of the molecule is CCn1cc(C(=O)N2CCN(S(=O)(=O)c3cccs3)CC2)cn1. The number of sulfonamides is 1. The number of rotatable bonds is 4. The Labute approximate surface area is 139 Å². The first kappa shape index (κ1) is 16.2.